The molecular weight excluding hydrogens is 186 g/mol. The van der Waals surface area contributed by atoms with Crippen LogP contribution in [-0.2, 0) is 0 Å². The van der Waals surface area contributed by atoms with E-state index < -0.39 is 6.17 Å². The van der Waals surface area contributed by atoms with Crippen molar-refractivity contribution in [3.05, 3.63) is 0 Å². The van der Waals surface area contributed by atoms with Gasteiger partial charge in [0, 0.05) is 0 Å². The fraction of sp³-hybridized carbons (Fsp3) is 1.00. The lowest BCUT2D eigenvalue weighted by molar-refractivity contribution is 0.166. The smallest absolute Gasteiger partial charge is 0.123 e. The Morgan fingerprint density at radius 3 is 2.36 bits per heavy atom. The molecule has 0 fully saturated rings. The molecule has 0 saturated heterocycles. The highest BCUT2D eigenvalue weighted by Gasteiger charge is 2.16. The fourth-order valence-electron chi connectivity index (χ4n) is 1.30. The van der Waals surface area contributed by atoms with Crippen LogP contribution in [0.1, 0.15) is 46.0 Å². The zero-order valence-corrected chi connectivity index (χ0v) is 9.23. The third kappa shape index (κ3) is 7.25. The molecular formula is C11H22F2O. The zero-order valence-electron chi connectivity index (χ0n) is 9.23. The van der Waals surface area contributed by atoms with Crippen LogP contribution in [0, 0.1) is 5.41 Å². The molecule has 0 aromatic carbocycles. The first-order chi connectivity index (χ1) is 6.52. The topological polar surface area (TPSA) is 20.2 Å². The number of aliphatic hydroxyl groups excluding tert-OH is 1. The van der Waals surface area contributed by atoms with Crippen LogP contribution in [0.4, 0.5) is 8.78 Å². The molecule has 0 saturated carbocycles. The molecule has 1 N–H and O–H groups in total. The van der Waals surface area contributed by atoms with Crippen molar-refractivity contribution in [2.45, 2.75) is 52.1 Å². The van der Waals surface area contributed by atoms with Gasteiger partial charge in [0.05, 0.1) is 13.3 Å². The molecule has 1 unspecified atom stereocenters. The Labute approximate surface area is 85.5 Å². The molecule has 0 rings (SSSR count). The van der Waals surface area contributed by atoms with Gasteiger partial charge in [0.25, 0.3) is 0 Å². The van der Waals surface area contributed by atoms with E-state index in [0.29, 0.717) is 6.42 Å². The standard InChI is InChI=1S/C11H22F2O/c1-11(2,9-12)7-5-3-4-6-10(13)8-14/h10,14H,3-9H2,1-2H3. The highest BCUT2D eigenvalue weighted by molar-refractivity contribution is 4.67. The fourth-order valence-corrected chi connectivity index (χ4v) is 1.30. The number of rotatable bonds is 8. The van der Waals surface area contributed by atoms with Crippen LogP contribution < -0.4 is 0 Å². The molecule has 1 atom stereocenters. The average molecular weight is 208 g/mol. The number of aliphatic hydroxyl groups is 1. The van der Waals surface area contributed by atoms with Gasteiger partial charge in [-0.25, -0.2) is 4.39 Å². The van der Waals surface area contributed by atoms with Crippen LogP contribution >= 0.6 is 0 Å². The van der Waals surface area contributed by atoms with Gasteiger partial charge in [0.1, 0.15) is 6.17 Å². The lowest BCUT2D eigenvalue weighted by atomic mass is 9.88. The molecule has 0 amide bonds. The molecule has 86 valence electrons. The SMILES string of the molecule is CC(C)(CF)CCCCCC(F)CO. The van der Waals surface area contributed by atoms with Gasteiger partial charge in [-0.3, -0.25) is 4.39 Å². The minimum absolute atomic E-state index is 0.230. The second-order valence-electron chi connectivity index (χ2n) is 4.68. The highest BCUT2D eigenvalue weighted by Crippen LogP contribution is 2.24. The lowest BCUT2D eigenvalue weighted by Crippen LogP contribution is -2.13. The Morgan fingerprint density at radius 2 is 1.86 bits per heavy atom. The minimum Gasteiger partial charge on any atom is -0.393 e. The number of hydrogen-bond donors (Lipinski definition) is 1. The van der Waals surface area contributed by atoms with E-state index in [-0.39, 0.29) is 18.7 Å². The molecule has 0 aliphatic heterocycles. The van der Waals surface area contributed by atoms with E-state index in [9.17, 15) is 8.78 Å². The van der Waals surface area contributed by atoms with Crippen molar-refractivity contribution < 1.29 is 13.9 Å². The van der Waals surface area contributed by atoms with Gasteiger partial charge >= 0.3 is 0 Å². The molecule has 0 aromatic rings. The molecule has 3 heteroatoms. The molecule has 0 bridgehead atoms. The van der Waals surface area contributed by atoms with E-state index in [1.165, 1.54) is 0 Å². The van der Waals surface area contributed by atoms with Crippen molar-refractivity contribution in [1.29, 1.82) is 0 Å². The van der Waals surface area contributed by atoms with Crippen LogP contribution in [0.3, 0.4) is 0 Å². The summed E-state index contributed by atoms with van der Waals surface area (Å²) in [6.07, 6.45) is 2.83. The average Bonchev–Trinajstić information content (AvgIpc) is 2.17. The first-order valence-electron chi connectivity index (χ1n) is 5.33. The minimum atomic E-state index is -1.08. The van der Waals surface area contributed by atoms with Crippen LogP contribution in [0.25, 0.3) is 0 Å². The molecule has 0 heterocycles. The zero-order chi connectivity index (χ0) is 11.0. The maximum Gasteiger partial charge on any atom is 0.123 e. The van der Waals surface area contributed by atoms with Crippen molar-refractivity contribution in [2.24, 2.45) is 5.41 Å². The van der Waals surface area contributed by atoms with Gasteiger partial charge < -0.3 is 5.11 Å². The molecule has 0 radical (unpaired) electrons. The summed E-state index contributed by atoms with van der Waals surface area (Å²) in [4.78, 5) is 0. The van der Waals surface area contributed by atoms with Crippen LogP contribution in [0.5, 0.6) is 0 Å². The second-order valence-corrected chi connectivity index (χ2v) is 4.68. The van der Waals surface area contributed by atoms with Gasteiger partial charge in [-0.1, -0.05) is 33.1 Å². The molecule has 0 aromatic heterocycles. The van der Waals surface area contributed by atoms with E-state index in [1.807, 2.05) is 13.8 Å². The summed E-state index contributed by atoms with van der Waals surface area (Å²) >= 11 is 0. The summed E-state index contributed by atoms with van der Waals surface area (Å²) in [5.74, 6) is 0. The van der Waals surface area contributed by atoms with Crippen molar-refractivity contribution in [3.63, 3.8) is 0 Å². The first-order valence-corrected chi connectivity index (χ1v) is 5.33. The Kier molecular flexibility index (Phi) is 7.06. The van der Waals surface area contributed by atoms with E-state index in [0.717, 1.165) is 25.7 Å². The summed E-state index contributed by atoms with van der Waals surface area (Å²) in [5.41, 5.74) is -0.230. The summed E-state index contributed by atoms with van der Waals surface area (Å²) in [6, 6.07) is 0. The molecule has 0 aliphatic rings. The van der Waals surface area contributed by atoms with Crippen LogP contribution in [-0.4, -0.2) is 24.6 Å². The largest absolute Gasteiger partial charge is 0.393 e. The van der Waals surface area contributed by atoms with Crippen LogP contribution in [0.2, 0.25) is 0 Å². The van der Waals surface area contributed by atoms with Gasteiger partial charge in [-0.05, 0) is 18.3 Å². The van der Waals surface area contributed by atoms with Gasteiger partial charge in [0.15, 0.2) is 0 Å². The third-order valence-corrected chi connectivity index (χ3v) is 2.43. The van der Waals surface area contributed by atoms with Crippen molar-refractivity contribution >= 4 is 0 Å². The summed E-state index contributed by atoms with van der Waals surface area (Å²) < 4.78 is 24.9. The monoisotopic (exact) mass is 208 g/mol. The maximum absolute atomic E-state index is 12.5. The lowest BCUT2D eigenvalue weighted by Gasteiger charge is -2.19. The summed E-state index contributed by atoms with van der Waals surface area (Å²) in [5, 5.41) is 8.43. The predicted octanol–water partition coefficient (Wildman–Crippen LogP) is 3.26. The second kappa shape index (κ2) is 7.16. The first kappa shape index (κ1) is 13.8. The summed E-state index contributed by atoms with van der Waals surface area (Å²) in [7, 11) is 0. The normalized spacial score (nSPS) is 14.4. The summed E-state index contributed by atoms with van der Waals surface area (Å²) in [6.45, 7) is 3.13. The molecule has 14 heavy (non-hydrogen) atoms. The van der Waals surface area contributed by atoms with Crippen molar-refractivity contribution in [3.8, 4) is 0 Å². The Hall–Kier alpha value is -0.180. The van der Waals surface area contributed by atoms with E-state index in [1.54, 1.807) is 0 Å². The molecule has 0 spiro atoms. The third-order valence-electron chi connectivity index (χ3n) is 2.43. The van der Waals surface area contributed by atoms with Crippen molar-refractivity contribution in [2.75, 3.05) is 13.3 Å². The number of unbranched alkanes of at least 4 members (excludes halogenated alkanes) is 2. The van der Waals surface area contributed by atoms with E-state index in [2.05, 4.69) is 0 Å². The van der Waals surface area contributed by atoms with E-state index in [4.69, 9.17) is 5.11 Å². The quantitative estimate of drug-likeness (QED) is 0.607. The molecule has 1 nitrogen and oxygen atoms in total. The number of hydrogen-bond acceptors (Lipinski definition) is 1. The van der Waals surface area contributed by atoms with Gasteiger partial charge in [-0.15, -0.1) is 0 Å². The highest BCUT2D eigenvalue weighted by atomic mass is 19.1. The predicted molar refractivity (Wildman–Crippen MR) is 54.8 cm³/mol. The van der Waals surface area contributed by atoms with Crippen molar-refractivity contribution in [1.82, 2.24) is 0 Å². The Bertz CT molecular complexity index is 137. The molecule has 0 aliphatic carbocycles. The van der Waals surface area contributed by atoms with E-state index >= 15 is 0 Å². The van der Waals surface area contributed by atoms with Gasteiger partial charge in [0.2, 0.25) is 0 Å². The maximum atomic E-state index is 12.5. The Balaban J connectivity index is 3.30. The number of alkyl halides is 2. The van der Waals surface area contributed by atoms with Gasteiger partial charge in [-0.2, -0.15) is 0 Å². The number of halogens is 2. The van der Waals surface area contributed by atoms with Crippen LogP contribution in [0.15, 0.2) is 0 Å². The Morgan fingerprint density at radius 1 is 1.21 bits per heavy atom.